The van der Waals surface area contributed by atoms with E-state index in [0.717, 1.165) is 6.42 Å². The zero-order valence-corrected chi connectivity index (χ0v) is 17.5. The van der Waals surface area contributed by atoms with Crippen LogP contribution in [0.4, 0.5) is 10.1 Å². The molecule has 31 heavy (non-hydrogen) atoms. The van der Waals surface area contributed by atoms with Crippen LogP contribution in [-0.4, -0.2) is 53.7 Å². The molecule has 4 rings (SSSR count). The quantitative estimate of drug-likeness (QED) is 0.819. The lowest BCUT2D eigenvalue weighted by Crippen LogP contribution is -2.37. The van der Waals surface area contributed by atoms with Crippen molar-refractivity contribution in [2.24, 2.45) is 11.8 Å². The first-order chi connectivity index (χ1) is 14.9. The second-order valence-electron chi connectivity index (χ2n) is 8.31. The molecule has 0 bridgehead atoms. The topological polar surface area (TPSA) is 69.7 Å². The molecule has 7 heteroatoms. The third-order valence-electron chi connectivity index (χ3n) is 6.00. The van der Waals surface area contributed by atoms with Crippen molar-refractivity contribution in [3.63, 3.8) is 0 Å². The van der Waals surface area contributed by atoms with Crippen LogP contribution in [0.15, 0.2) is 48.5 Å². The molecule has 0 radical (unpaired) electrons. The SMILES string of the molecule is CC1CC1C(=O)Nc1cccc(C(=O)N2CCCN(C(=O)c3ccccc3F)CC2)c1. The summed E-state index contributed by atoms with van der Waals surface area (Å²) in [6.07, 6.45) is 1.52. The Kier molecular flexibility index (Phi) is 6.02. The standard InChI is InChI=1S/C24H26FN3O3/c1-16-14-20(16)22(29)26-18-7-4-6-17(15-18)23(30)27-10-5-11-28(13-12-27)24(31)19-8-2-3-9-21(19)25/h2-4,6-9,15-16,20H,5,10-14H2,1H3,(H,26,29). The van der Waals surface area contributed by atoms with Crippen molar-refractivity contribution < 1.29 is 18.8 Å². The van der Waals surface area contributed by atoms with Gasteiger partial charge >= 0.3 is 0 Å². The van der Waals surface area contributed by atoms with E-state index in [1.54, 1.807) is 46.2 Å². The molecule has 162 valence electrons. The predicted octanol–water partition coefficient (Wildman–Crippen LogP) is 3.41. The summed E-state index contributed by atoms with van der Waals surface area (Å²) in [5.41, 5.74) is 1.16. The molecule has 2 unspecified atom stereocenters. The van der Waals surface area contributed by atoms with Gasteiger partial charge in [-0.1, -0.05) is 25.1 Å². The van der Waals surface area contributed by atoms with Gasteiger partial charge in [0.2, 0.25) is 5.91 Å². The van der Waals surface area contributed by atoms with E-state index in [9.17, 15) is 18.8 Å². The zero-order valence-electron chi connectivity index (χ0n) is 17.5. The van der Waals surface area contributed by atoms with E-state index in [2.05, 4.69) is 5.32 Å². The van der Waals surface area contributed by atoms with Crippen molar-refractivity contribution in [2.75, 3.05) is 31.5 Å². The van der Waals surface area contributed by atoms with E-state index in [4.69, 9.17) is 0 Å². The van der Waals surface area contributed by atoms with E-state index < -0.39 is 5.82 Å². The van der Waals surface area contributed by atoms with E-state index >= 15 is 0 Å². The van der Waals surface area contributed by atoms with Crippen LogP contribution in [0.5, 0.6) is 0 Å². The molecule has 3 amide bonds. The number of hydrogen-bond donors (Lipinski definition) is 1. The summed E-state index contributed by atoms with van der Waals surface area (Å²) in [6, 6.07) is 12.9. The van der Waals surface area contributed by atoms with Gasteiger partial charge in [-0.3, -0.25) is 14.4 Å². The third kappa shape index (κ3) is 4.76. The van der Waals surface area contributed by atoms with Crippen LogP contribution in [0.1, 0.15) is 40.5 Å². The number of hydrogen-bond acceptors (Lipinski definition) is 3. The van der Waals surface area contributed by atoms with Gasteiger partial charge in [-0.2, -0.15) is 0 Å². The third-order valence-corrected chi connectivity index (χ3v) is 6.00. The van der Waals surface area contributed by atoms with Gasteiger partial charge in [-0.05, 0) is 49.1 Å². The predicted molar refractivity (Wildman–Crippen MR) is 115 cm³/mol. The Hall–Kier alpha value is -3.22. The number of anilines is 1. The molecule has 0 spiro atoms. The summed E-state index contributed by atoms with van der Waals surface area (Å²) in [7, 11) is 0. The molecule has 1 heterocycles. The normalized spacial score (nSPS) is 20.7. The average molecular weight is 423 g/mol. The summed E-state index contributed by atoms with van der Waals surface area (Å²) >= 11 is 0. The number of rotatable bonds is 4. The van der Waals surface area contributed by atoms with Crippen LogP contribution < -0.4 is 5.32 Å². The maximum atomic E-state index is 14.0. The number of amides is 3. The molecule has 1 saturated carbocycles. The fraction of sp³-hybridized carbons (Fsp3) is 0.375. The molecule has 1 aliphatic heterocycles. The Labute approximate surface area is 181 Å². The molecule has 2 aliphatic rings. The Bertz CT molecular complexity index is 1010. The lowest BCUT2D eigenvalue weighted by atomic mass is 10.1. The van der Waals surface area contributed by atoms with Gasteiger partial charge in [0.25, 0.3) is 11.8 Å². The number of benzene rings is 2. The van der Waals surface area contributed by atoms with Gasteiger partial charge in [0.1, 0.15) is 5.82 Å². The molecule has 1 saturated heterocycles. The van der Waals surface area contributed by atoms with Crippen molar-refractivity contribution in [1.82, 2.24) is 9.80 Å². The Morgan fingerprint density at radius 3 is 2.29 bits per heavy atom. The molecule has 2 aromatic carbocycles. The summed E-state index contributed by atoms with van der Waals surface area (Å²) in [6.45, 7) is 3.73. The van der Waals surface area contributed by atoms with Crippen molar-refractivity contribution in [3.05, 3.63) is 65.5 Å². The van der Waals surface area contributed by atoms with Gasteiger partial charge in [0.15, 0.2) is 0 Å². The van der Waals surface area contributed by atoms with Crippen LogP contribution >= 0.6 is 0 Å². The highest BCUT2D eigenvalue weighted by molar-refractivity contribution is 5.98. The number of nitrogens with zero attached hydrogens (tertiary/aromatic N) is 2. The van der Waals surface area contributed by atoms with Gasteiger partial charge < -0.3 is 15.1 Å². The summed E-state index contributed by atoms with van der Waals surface area (Å²) < 4.78 is 14.0. The second-order valence-corrected chi connectivity index (χ2v) is 8.31. The number of halogens is 1. The smallest absolute Gasteiger partial charge is 0.256 e. The van der Waals surface area contributed by atoms with Crippen molar-refractivity contribution in [2.45, 2.75) is 19.8 Å². The maximum Gasteiger partial charge on any atom is 0.256 e. The van der Waals surface area contributed by atoms with Gasteiger partial charge in [0, 0.05) is 43.3 Å². The summed E-state index contributed by atoms with van der Waals surface area (Å²) in [4.78, 5) is 41.2. The minimum Gasteiger partial charge on any atom is -0.337 e. The van der Waals surface area contributed by atoms with Crippen LogP contribution in [0.3, 0.4) is 0 Å². The molecule has 2 atom stereocenters. The molecule has 1 N–H and O–H groups in total. The van der Waals surface area contributed by atoms with Crippen molar-refractivity contribution in [1.29, 1.82) is 0 Å². The Morgan fingerprint density at radius 1 is 0.935 bits per heavy atom. The first kappa shape index (κ1) is 21.0. The van der Waals surface area contributed by atoms with Crippen LogP contribution in [-0.2, 0) is 4.79 Å². The average Bonchev–Trinajstić information content (AvgIpc) is 3.55. The number of carbonyl (C=O) groups is 3. The van der Waals surface area contributed by atoms with E-state index in [0.29, 0.717) is 49.8 Å². The highest BCUT2D eigenvalue weighted by atomic mass is 19.1. The van der Waals surface area contributed by atoms with Crippen LogP contribution in [0, 0.1) is 17.7 Å². The molecule has 2 fully saturated rings. The molecule has 2 aromatic rings. The van der Waals surface area contributed by atoms with Gasteiger partial charge in [-0.25, -0.2) is 4.39 Å². The molecule has 1 aliphatic carbocycles. The van der Waals surface area contributed by atoms with Crippen LogP contribution in [0.2, 0.25) is 0 Å². The number of carbonyl (C=O) groups excluding carboxylic acids is 3. The molecule has 0 aromatic heterocycles. The van der Waals surface area contributed by atoms with Gasteiger partial charge in [-0.15, -0.1) is 0 Å². The highest BCUT2D eigenvalue weighted by Crippen LogP contribution is 2.38. The molecule has 6 nitrogen and oxygen atoms in total. The first-order valence-corrected chi connectivity index (χ1v) is 10.7. The van der Waals surface area contributed by atoms with E-state index in [-0.39, 0.29) is 29.2 Å². The first-order valence-electron chi connectivity index (χ1n) is 10.7. The summed E-state index contributed by atoms with van der Waals surface area (Å²) in [5, 5.41) is 2.89. The zero-order chi connectivity index (χ0) is 22.0. The van der Waals surface area contributed by atoms with Crippen molar-refractivity contribution >= 4 is 23.4 Å². The van der Waals surface area contributed by atoms with E-state index in [1.807, 2.05) is 6.92 Å². The fourth-order valence-electron chi connectivity index (χ4n) is 3.96. The van der Waals surface area contributed by atoms with Gasteiger partial charge in [0.05, 0.1) is 5.56 Å². The monoisotopic (exact) mass is 423 g/mol. The Morgan fingerprint density at radius 2 is 1.61 bits per heavy atom. The summed E-state index contributed by atoms with van der Waals surface area (Å²) in [5.74, 6) is -0.569. The number of nitrogens with one attached hydrogen (secondary N) is 1. The highest BCUT2D eigenvalue weighted by Gasteiger charge is 2.39. The second kappa shape index (κ2) is 8.88. The lowest BCUT2D eigenvalue weighted by Gasteiger charge is -2.22. The minimum absolute atomic E-state index is 0.00540. The fourth-order valence-corrected chi connectivity index (χ4v) is 3.96. The molecular formula is C24H26FN3O3. The van der Waals surface area contributed by atoms with E-state index in [1.165, 1.54) is 12.1 Å². The molecular weight excluding hydrogens is 397 g/mol. The lowest BCUT2D eigenvalue weighted by molar-refractivity contribution is -0.117. The van der Waals surface area contributed by atoms with Crippen molar-refractivity contribution in [3.8, 4) is 0 Å². The largest absolute Gasteiger partial charge is 0.337 e. The van der Waals surface area contributed by atoms with Crippen LogP contribution in [0.25, 0.3) is 0 Å². The Balaban J connectivity index is 1.39. The minimum atomic E-state index is -0.538. The maximum absolute atomic E-state index is 14.0.